The van der Waals surface area contributed by atoms with Gasteiger partial charge in [-0.1, -0.05) is 0 Å². The Morgan fingerprint density at radius 2 is 2.22 bits per heavy atom. The molecule has 1 aliphatic rings. The van der Waals surface area contributed by atoms with E-state index in [9.17, 15) is 9.59 Å². The summed E-state index contributed by atoms with van der Waals surface area (Å²) in [6.07, 6.45) is 3.35. The van der Waals surface area contributed by atoms with Crippen LogP contribution in [-0.4, -0.2) is 49.9 Å². The molecule has 0 spiro atoms. The summed E-state index contributed by atoms with van der Waals surface area (Å²) in [6.45, 7) is 5.81. The third-order valence-electron chi connectivity index (χ3n) is 3.63. The summed E-state index contributed by atoms with van der Waals surface area (Å²) < 4.78 is 0. The van der Waals surface area contributed by atoms with E-state index in [0.29, 0.717) is 22.8 Å². The van der Waals surface area contributed by atoms with Crippen LogP contribution in [0.4, 0.5) is 0 Å². The number of pyridine rings is 1. The molecule has 2 N–H and O–H groups in total. The van der Waals surface area contributed by atoms with Crippen LogP contribution in [0.1, 0.15) is 31.1 Å². The molecular weight excluding hydrogens is 312 g/mol. The third kappa shape index (κ3) is 3.19. The van der Waals surface area contributed by atoms with Crippen molar-refractivity contribution >= 4 is 34.6 Å². The Morgan fingerprint density at radius 1 is 1.43 bits per heavy atom. The van der Waals surface area contributed by atoms with Gasteiger partial charge >= 0.3 is 0 Å². The van der Waals surface area contributed by atoms with Gasteiger partial charge in [-0.15, -0.1) is 11.8 Å². The smallest absolute Gasteiger partial charge is 0.257 e. The van der Waals surface area contributed by atoms with E-state index < -0.39 is 6.04 Å². The third-order valence-corrected chi connectivity index (χ3v) is 4.64. The van der Waals surface area contributed by atoms with Gasteiger partial charge in [0.05, 0.1) is 11.4 Å². The van der Waals surface area contributed by atoms with Crippen LogP contribution in [0, 0.1) is 0 Å². The predicted octanol–water partition coefficient (Wildman–Crippen LogP) is 1.99. The number of hydrogen-bond acceptors (Lipinski definition) is 4. The second kappa shape index (κ2) is 5.88. The van der Waals surface area contributed by atoms with Crippen molar-refractivity contribution in [1.82, 2.24) is 20.2 Å². The first-order valence-electron chi connectivity index (χ1n) is 7.50. The fourth-order valence-electron chi connectivity index (χ4n) is 2.60. The maximum atomic E-state index is 12.9. The van der Waals surface area contributed by atoms with Crippen molar-refractivity contribution < 1.29 is 9.59 Å². The zero-order chi connectivity index (χ0) is 16.6. The van der Waals surface area contributed by atoms with Crippen LogP contribution in [0.25, 0.3) is 11.0 Å². The number of hydrogen-bond donors (Lipinski definition) is 2. The molecule has 1 aliphatic heterocycles. The maximum absolute atomic E-state index is 12.9. The molecule has 1 saturated heterocycles. The molecule has 0 aliphatic carbocycles. The van der Waals surface area contributed by atoms with Gasteiger partial charge in [0.2, 0.25) is 5.91 Å². The topological polar surface area (TPSA) is 78.1 Å². The average Bonchev–Trinajstić information content (AvgIpc) is 3.12. The molecule has 23 heavy (non-hydrogen) atoms. The number of carbonyl (C=O) groups is 2. The summed E-state index contributed by atoms with van der Waals surface area (Å²) in [4.78, 5) is 34.2. The second-order valence-electron chi connectivity index (χ2n) is 6.63. The normalized spacial score (nSPS) is 18.4. The standard InChI is InChI=1S/C16H20N4O2S/c1-16(2,3)19-14(21)12-8-23-9-20(12)15(22)11-7-18-13-10(11)5-4-6-17-13/h4-7,12H,8-9H2,1-3H3,(H,17,18)(H,19,21). The van der Waals surface area contributed by atoms with Gasteiger partial charge in [0.25, 0.3) is 5.91 Å². The lowest BCUT2D eigenvalue weighted by Gasteiger charge is -2.27. The van der Waals surface area contributed by atoms with Crippen molar-refractivity contribution in [1.29, 1.82) is 0 Å². The molecule has 3 heterocycles. The molecule has 0 saturated carbocycles. The molecule has 2 aromatic heterocycles. The summed E-state index contributed by atoms with van der Waals surface area (Å²) in [6, 6.07) is 3.22. The van der Waals surface area contributed by atoms with E-state index in [1.807, 2.05) is 26.8 Å². The van der Waals surface area contributed by atoms with Crippen LogP contribution < -0.4 is 5.32 Å². The van der Waals surface area contributed by atoms with Gasteiger partial charge in [-0.25, -0.2) is 4.98 Å². The van der Waals surface area contributed by atoms with E-state index in [1.165, 1.54) is 0 Å². The summed E-state index contributed by atoms with van der Waals surface area (Å²) in [5.74, 6) is 0.902. The lowest BCUT2D eigenvalue weighted by molar-refractivity contribution is -0.125. The highest BCUT2D eigenvalue weighted by atomic mass is 32.2. The lowest BCUT2D eigenvalue weighted by Crippen LogP contribution is -2.52. The molecule has 2 aromatic rings. The van der Waals surface area contributed by atoms with E-state index in [0.717, 1.165) is 5.39 Å². The van der Waals surface area contributed by atoms with Crippen molar-refractivity contribution in [3.63, 3.8) is 0 Å². The number of aromatic amines is 1. The fourth-order valence-corrected chi connectivity index (χ4v) is 3.75. The zero-order valence-corrected chi connectivity index (χ0v) is 14.2. The van der Waals surface area contributed by atoms with Crippen LogP contribution in [0.5, 0.6) is 0 Å². The Balaban J connectivity index is 1.85. The number of nitrogens with one attached hydrogen (secondary N) is 2. The predicted molar refractivity (Wildman–Crippen MR) is 91.3 cm³/mol. The molecule has 0 radical (unpaired) electrons. The summed E-state index contributed by atoms with van der Waals surface area (Å²) in [5, 5.41) is 3.74. The minimum atomic E-state index is -0.437. The molecular formula is C16H20N4O2S. The molecule has 2 amide bonds. The molecule has 1 atom stereocenters. The number of fused-ring (bicyclic) bond motifs is 1. The highest BCUT2D eigenvalue weighted by molar-refractivity contribution is 7.99. The second-order valence-corrected chi connectivity index (χ2v) is 7.63. The van der Waals surface area contributed by atoms with Crippen LogP contribution in [-0.2, 0) is 4.79 Å². The first-order chi connectivity index (χ1) is 10.9. The van der Waals surface area contributed by atoms with Crippen LogP contribution in [0.2, 0.25) is 0 Å². The van der Waals surface area contributed by atoms with Crippen LogP contribution >= 0.6 is 11.8 Å². The van der Waals surface area contributed by atoms with Crippen molar-refractivity contribution in [3.8, 4) is 0 Å². The average molecular weight is 332 g/mol. The number of H-pyrrole nitrogens is 1. The Kier molecular flexibility index (Phi) is 4.06. The van der Waals surface area contributed by atoms with Gasteiger partial charge in [0, 0.05) is 29.1 Å². The summed E-state index contributed by atoms with van der Waals surface area (Å²) >= 11 is 1.59. The van der Waals surface area contributed by atoms with Gasteiger partial charge in [-0.2, -0.15) is 0 Å². The maximum Gasteiger partial charge on any atom is 0.257 e. The van der Waals surface area contributed by atoms with Gasteiger partial charge in [0.1, 0.15) is 11.7 Å². The highest BCUT2D eigenvalue weighted by Crippen LogP contribution is 2.26. The largest absolute Gasteiger partial charge is 0.350 e. The lowest BCUT2D eigenvalue weighted by atomic mass is 10.1. The Labute approximate surface area is 139 Å². The summed E-state index contributed by atoms with van der Waals surface area (Å²) in [7, 11) is 0. The van der Waals surface area contributed by atoms with Crippen molar-refractivity contribution in [3.05, 3.63) is 30.1 Å². The van der Waals surface area contributed by atoms with E-state index in [4.69, 9.17) is 0 Å². The molecule has 6 nitrogen and oxygen atoms in total. The molecule has 1 fully saturated rings. The highest BCUT2D eigenvalue weighted by Gasteiger charge is 2.37. The zero-order valence-electron chi connectivity index (χ0n) is 13.4. The minimum absolute atomic E-state index is 0.103. The number of thioether (sulfide) groups is 1. The molecule has 0 bridgehead atoms. The van der Waals surface area contributed by atoms with E-state index in [-0.39, 0.29) is 17.4 Å². The Hall–Kier alpha value is -2.02. The van der Waals surface area contributed by atoms with Gasteiger partial charge in [-0.05, 0) is 32.9 Å². The first kappa shape index (κ1) is 15.9. The molecule has 0 aromatic carbocycles. The van der Waals surface area contributed by atoms with Crippen molar-refractivity contribution in [2.45, 2.75) is 32.4 Å². The fraction of sp³-hybridized carbons (Fsp3) is 0.438. The van der Waals surface area contributed by atoms with Gasteiger partial charge in [-0.3, -0.25) is 9.59 Å². The molecule has 1 unspecified atom stereocenters. The minimum Gasteiger partial charge on any atom is -0.350 e. The monoisotopic (exact) mass is 332 g/mol. The molecule has 7 heteroatoms. The van der Waals surface area contributed by atoms with Crippen LogP contribution in [0.15, 0.2) is 24.5 Å². The van der Waals surface area contributed by atoms with Crippen molar-refractivity contribution in [2.24, 2.45) is 0 Å². The van der Waals surface area contributed by atoms with Crippen molar-refractivity contribution in [2.75, 3.05) is 11.6 Å². The SMILES string of the molecule is CC(C)(C)NC(=O)C1CSCN1C(=O)c1c[nH]c2ncccc12. The van der Waals surface area contributed by atoms with Gasteiger partial charge < -0.3 is 15.2 Å². The number of aromatic nitrogens is 2. The van der Waals surface area contributed by atoms with Crippen LogP contribution in [0.3, 0.4) is 0 Å². The number of rotatable bonds is 2. The Morgan fingerprint density at radius 3 is 2.96 bits per heavy atom. The molecule has 3 rings (SSSR count). The summed E-state index contributed by atoms with van der Waals surface area (Å²) in [5.41, 5.74) is 0.923. The number of amides is 2. The number of nitrogens with zero attached hydrogens (tertiary/aromatic N) is 2. The number of carbonyl (C=O) groups excluding carboxylic acids is 2. The van der Waals surface area contributed by atoms with E-state index in [1.54, 1.807) is 35.1 Å². The first-order valence-corrected chi connectivity index (χ1v) is 8.65. The quantitative estimate of drug-likeness (QED) is 0.882. The Bertz CT molecular complexity index is 750. The van der Waals surface area contributed by atoms with E-state index in [2.05, 4.69) is 15.3 Å². The van der Waals surface area contributed by atoms with Gasteiger partial charge in [0.15, 0.2) is 0 Å². The molecule has 122 valence electrons. The van der Waals surface area contributed by atoms with E-state index >= 15 is 0 Å².